The van der Waals surface area contributed by atoms with Crippen LogP contribution in [-0.2, 0) is 14.3 Å². The molecule has 2 aliphatic rings. The minimum Gasteiger partial charge on any atom is -0.376 e. The molecule has 0 saturated carbocycles. The van der Waals surface area contributed by atoms with Crippen LogP contribution in [0.5, 0.6) is 0 Å². The summed E-state index contributed by atoms with van der Waals surface area (Å²) in [7, 11) is 2.19. The Morgan fingerprint density at radius 3 is 2.89 bits per heavy atom. The average molecular weight is 390 g/mol. The third-order valence-corrected chi connectivity index (χ3v) is 5.73. The molecule has 3 atom stereocenters. The Labute approximate surface area is 169 Å². The standard InChI is InChI=1S/C22H35N3O3/c1-18(28-17-20-10-6-15-27-20)22(26)23-11-7-12-25-14-13-24(2)16-21(25)19-8-4-3-5-9-19/h3-5,8-9,18,20-21H,6-7,10-17H2,1-2H3,(H,23,26). The number of amides is 1. The van der Waals surface area contributed by atoms with Gasteiger partial charge < -0.3 is 19.7 Å². The van der Waals surface area contributed by atoms with Gasteiger partial charge in [-0.15, -0.1) is 0 Å². The maximum Gasteiger partial charge on any atom is 0.248 e. The molecule has 28 heavy (non-hydrogen) atoms. The topological polar surface area (TPSA) is 54.0 Å². The molecule has 0 aromatic heterocycles. The molecule has 2 saturated heterocycles. The van der Waals surface area contributed by atoms with Gasteiger partial charge in [0.25, 0.3) is 0 Å². The van der Waals surface area contributed by atoms with E-state index in [1.54, 1.807) is 0 Å². The van der Waals surface area contributed by atoms with Gasteiger partial charge >= 0.3 is 0 Å². The van der Waals surface area contributed by atoms with E-state index in [4.69, 9.17) is 9.47 Å². The summed E-state index contributed by atoms with van der Waals surface area (Å²) in [5.41, 5.74) is 1.37. The van der Waals surface area contributed by atoms with Crippen molar-refractivity contribution in [3.63, 3.8) is 0 Å². The van der Waals surface area contributed by atoms with Gasteiger partial charge in [-0.2, -0.15) is 0 Å². The second-order valence-corrected chi connectivity index (χ2v) is 7.98. The van der Waals surface area contributed by atoms with E-state index in [2.05, 4.69) is 52.5 Å². The SMILES string of the molecule is CC(OCC1CCCO1)C(=O)NCCCN1CCN(C)CC1c1ccccc1. The van der Waals surface area contributed by atoms with Crippen molar-refractivity contribution in [3.8, 4) is 0 Å². The number of nitrogens with one attached hydrogen (secondary N) is 1. The van der Waals surface area contributed by atoms with Gasteiger partial charge in [0.15, 0.2) is 0 Å². The summed E-state index contributed by atoms with van der Waals surface area (Å²) in [5.74, 6) is -0.0315. The predicted molar refractivity (Wildman–Crippen MR) is 110 cm³/mol. The molecule has 2 fully saturated rings. The largest absolute Gasteiger partial charge is 0.376 e. The highest BCUT2D eigenvalue weighted by atomic mass is 16.5. The molecule has 6 heteroatoms. The van der Waals surface area contributed by atoms with Crippen LogP contribution in [0.3, 0.4) is 0 Å². The summed E-state index contributed by atoms with van der Waals surface area (Å²) >= 11 is 0. The Bertz CT molecular complexity index is 592. The van der Waals surface area contributed by atoms with E-state index in [0.717, 1.165) is 52.0 Å². The van der Waals surface area contributed by atoms with E-state index in [9.17, 15) is 4.79 Å². The number of benzene rings is 1. The van der Waals surface area contributed by atoms with Gasteiger partial charge in [-0.3, -0.25) is 9.69 Å². The summed E-state index contributed by atoms with van der Waals surface area (Å²) in [6.07, 6.45) is 2.79. The fourth-order valence-electron chi connectivity index (χ4n) is 3.96. The normalized spacial score (nSPS) is 24.9. The van der Waals surface area contributed by atoms with Crippen LogP contribution < -0.4 is 5.32 Å². The molecule has 0 aliphatic carbocycles. The highest BCUT2D eigenvalue weighted by molar-refractivity contribution is 5.80. The van der Waals surface area contributed by atoms with Gasteiger partial charge in [-0.25, -0.2) is 0 Å². The number of likely N-dealkylation sites (N-methyl/N-ethyl adjacent to an activating group) is 1. The van der Waals surface area contributed by atoms with Crippen molar-refractivity contribution in [2.45, 2.75) is 44.4 Å². The van der Waals surface area contributed by atoms with Crippen molar-refractivity contribution in [1.82, 2.24) is 15.1 Å². The van der Waals surface area contributed by atoms with E-state index in [0.29, 0.717) is 19.2 Å². The van der Waals surface area contributed by atoms with E-state index in [-0.39, 0.29) is 12.0 Å². The van der Waals surface area contributed by atoms with Crippen molar-refractivity contribution >= 4 is 5.91 Å². The highest BCUT2D eigenvalue weighted by Gasteiger charge is 2.26. The van der Waals surface area contributed by atoms with Crippen molar-refractivity contribution in [2.75, 3.05) is 53.0 Å². The summed E-state index contributed by atoms with van der Waals surface area (Å²) in [6.45, 7) is 7.99. The van der Waals surface area contributed by atoms with Crippen molar-refractivity contribution < 1.29 is 14.3 Å². The van der Waals surface area contributed by atoms with Crippen LogP contribution in [0.1, 0.15) is 37.8 Å². The Morgan fingerprint density at radius 1 is 1.32 bits per heavy atom. The lowest BCUT2D eigenvalue weighted by Crippen LogP contribution is -2.47. The first-order valence-electron chi connectivity index (χ1n) is 10.6. The fraction of sp³-hybridized carbons (Fsp3) is 0.682. The molecule has 0 bridgehead atoms. The van der Waals surface area contributed by atoms with E-state index < -0.39 is 6.10 Å². The molecule has 1 aromatic carbocycles. The van der Waals surface area contributed by atoms with Gasteiger partial charge in [0.05, 0.1) is 12.7 Å². The van der Waals surface area contributed by atoms with Crippen LogP contribution in [0, 0.1) is 0 Å². The molecule has 1 aromatic rings. The monoisotopic (exact) mass is 389 g/mol. The van der Waals surface area contributed by atoms with Gasteiger partial charge in [-0.1, -0.05) is 30.3 Å². The van der Waals surface area contributed by atoms with Crippen LogP contribution in [0.4, 0.5) is 0 Å². The Hall–Kier alpha value is -1.47. The zero-order chi connectivity index (χ0) is 19.8. The number of carbonyl (C=O) groups excluding carboxylic acids is 1. The number of nitrogens with zero attached hydrogens (tertiary/aromatic N) is 2. The first-order chi connectivity index (χ1) is 13.6. The molecule has 0 radical (unpaired) electrons. The lowest BCUT2D eigenvalue weighted by atomic mass is 10.0. The third-order valence-electron chi connectivity index (χ3n) is 5.73. The minimum absolute atomic E-state index is 0.0315. The fourth-order valence-corrected chi connectivity index (χ4v) is 3.96. The molecule has 6 nitrogen and oxygen atoms in total. The smallest absolute Gasteiger partial charge is 0.248 e. The zero-order valence-corrected chi connectivity index (χ0v) is 17.3. The molecule has 2 heterocycles. The molecular weight excluding hydrogens is 354 g/mol. The molecule has 1 N–H and O–H groups in total. The summed E-state index contributed by atoms with van der Waals surface area (Å²) < 4.78 is 11.2. The van der Waals surface area contributed by atoms with Crippen LogP contribution in [0.25, 0.3) is 0 Å². The number of ether oxygens (including phenoxy) is 2. The van der Waals surface area contributed by atoms with Crippen molar-refractivity contribution in [2.24, 2.45) is 0 Å². The summed E-state index contributed by atoms with van der Waals surface area (Å²) in [4.78, 5) is 17.2. The summed E-state index contributed by atoms with van der Waals surface area (Å²) in [5, 5.41) is 3.02. The first-order valence-corrected chi connectivity index (χ1v) is 10.6. The quantitative estimate of drug-likeness (QED) is 0.656. The Kier molecular flexibility index (Phi) is 8.27. The molecule has 3 unspecified atom stereocenters. The first kappa shape index (κ1) is 21.2. The van der Waals surface area contributed by atoms with Crippen LogP contribution in [0.15, 0.2) is 30.3 Å². The molecule has 156 valence electrons. The number of hydrogen-bond donors (Lipinski definition) is 1. The van der Waals surface area contributed by atoms with Crippen LogP contribution in [0.2, 0.25) is 0 Å². The van der Waals surface area contributed by atoms with Gasteiger partial charge in [0.1, 0.15) is 6.10 Å². The van der Waals surface area contributed by atoms with Crippen LogP contribution in [-0.4, -0.2) is 80.9 Å². The maximum atomic E-state index is 12.2. The minimum atomic E-state index is -0.426. The Morgan fingerprint density at radius 2 is 2.14 bits per heavy atom. The summed E-state index contributed by atoms with van der Waals surface area (Å²) in [6, 6.07) is 11.1. The predicted octanol–water partition coefficient (Wildman–Crippen LogP) is 2.07. The maximum absolute atomic E-state index is 12.2. The van der Waals surface area contributed by atoms with E-state index in [1.807, 2.05) is 6.92 Å². The molecule has 3 rings (SSSR count). The lowest BCUT2D eigenvalue weighted by Gasteiger charge is -2.40. The number of rotatable bonds is 9. The highest BCUT2D eigenvalue weighted by Crippen LogP contribution is 2.24. The third kappa shape index (κ3) is 6.27. The average Bonchev–Trinajstić information content (AvgIpc) is 3.24. The van der Waals surface area contributed by atoms with Gasteiger partial charge in [-0.05, 0) is 38.8 Å². The van der Waals surface area contributed by atoms with Crippen molar-refractivity contribution in [3.05, 3.63) is 35.9 Å². The number of piperazine rings is 1. The van der Waals surface area contributed by atoms with Gasteiger partial charge in [0, 0.05) is 45.4 Å². The van der Waals surface area contributed by atoms with E-state index >= 15 is 0 Å². The van der Waals surface area contributed by atoms with E-state index in [1.165, 1.54) is 5.56 Å². The number of carbonyl (C=O) groups is 1. The molecular formula is C22H35N3O3. The zero-order valence-electron chi connectivity index (χ0n) is 17.3. The molecule has 1 amide bonds. The van der Waals surface area contributed by atoms with Gasteiger partial charge in [0.2, 0.25) is 5.91 Å². The molecule has 0 spiro atoms. The number of hydrogen-bond acceptors (Lipinski definition) is 5. The second kappa shape index (κ2) is 10.9. The van der Waals surface area contributed by atoms with Crippen molar-refractivity contribution in [1.29, 1.82) is 0 Å². The Balaban J connectivity index is 1.37. The molecule has 2 aliphatic heterocycles. The van der Waals surface area contributed by atoms with Crippen LogP contribution >= 0.6 is 0 Å². The lowest BCUT2D eigenvalue weighted by molar-refractivity contribution is -0.133. The second-order valence-electron chi connectivity index (χ2n) is 7.98.